The van der Waals surface area contributed by atoms with Crippen LogP contribution in [0.2, 0.25) is 0 Å². The predicted octanol–water partition coefficient (Wildman–Crippen LogP) is 4.73. The lowest BCUT2D eigenvalue weighted by Gasteiger charge is -2.07. The lowest BCUT2D eigenvalue weighted by Crippen LogP contribution is -1.98. The topological polar surface area (TPSA) is 108 Å². The van der Waals surface area contributed by atoms with Crippen LogP contribution in [0.1, 0.15) is 37.4 Å². The van der Waals surface area contributed by atoms with Crippen LogP contribution in [-0.2, 0) is 6.61 Å². The fourth-order valence-corrected chi connectivity index (χ4v) is 2.71. The average molecular weight is 399 g/mol. The highest BCUT2D eigenvalue weighted by Gasteiger charge is 2.06. The molecule has 0 radical (unpaired) electrons. The maximum absolute atomic E-state index is 10.9. The number of nitrogens with zero attached hydrogens (tertiary/aromatic N) is 1. The first kappa shape index (κ1) is 20.4. The minimum Gasteiger partial charge on any atom is -0.489 e. The van der Waals surface area contributed by atoms with Gasteiger partial charge < -0.3 is 14.9 Å². The second-order valence-electron chi connectivity index (χ2n) is 6.41. The van der Waals surface area contributed by atoms with Gasteiger partial charge in [-0.15, -0.1) is 0 Å². The summed E-state index contributed by atoms with van der Waals surface area (Å²) in [5.74, 6) is -1.35. The van der Waals surface area contributed by atoms with Gasteiger partial charge in [0.1, 0.15) is 12.4 Å². The van der Waals surface area contributed by atoms with Crippen molar-refractivity contribution in [3.05, 3.63) is 101 Å². The fourth-order valence-electron chi connectivity index (χ4n) is 2.71. The molecule has 0 aliphatic carbocycles. The van der Waals surface area contributed by atoms with Crippen molar-refractivity contribution in [2.45, 2.75) is 6.61 Å². The normalized spacial score (nSPS) is 10.8. The number of ether oxygens (including phenoxy) is 1. The molecule has 0 aromatic heterocycles. The van der Waals surface area contributed by atoms with Gasteiger partial charge in [-0.05, 0) is 59.2 Å². The van der Waals surface area contributed by atoms with Crippen molar-refractivity contribution in [2.75, 3.05) is 0 Å². The number of carbonyl (C=O) groups is 2. The van der Waals surface area contributed by atoms with E-state index in [1.54, 1.807) is 42.5 Å². The lowest BCUT2D eigenvalue weighted by atomic mass is 10.0. The molecule has 0 aliphatic rings. The van der Waals surface area contributed by atoms with Crippen LogP contribution in [0.3, 0.4) is 0 Å². The Balaban J connectivity index is 1.67. The van der Waals surface area contributed by atoms with E-state index in [0.717, 1.165) is 11.1 Å². The highest BCUT2D eigenvalue weighted by molar-refractivity contribution is 5.92. The second kappa shape index (κ2) is 9.22. The molecule has 0 heterocycles. The first-order chi connectivity index (χ1) is 14.5. The van der Waals surface area contributed by atoms with E-state index in [1.165, 1.54) is 24.3 Å². The summed E-state index contributed by atoms with van der Waals surface area (Å²) in [4.78, 5) is 21.8. The van der Waals surface area contributed by atoms with Crippen LogP contribution in [0.5, 0.6) is 5.75 Å². The molecule has 3 aromatic rings. The van der Waals surface area contributed by atoms with Gasteiger partial charge in [-0.25, -0.2) is 9.59 Å². The van der Waals surface area contributed by atoms with E-state index >= 15 is 0 Å². The van der Waals surface area contributed by atoms with Crippen molar-refractivity contribution >= 4 is 23.6 Å². The molecule has 3 aromatic carbocycles. The molecule has 148 valence electrons. The molecule has 0 aliphatic heterocycles. The van der Waals surface area contributed by atoms with Gasteiger partial charge in [0.2, 0.25) is 0 Å². The number of carboxylic acid groups (broad SMARTS) is 2. The predicted molar refractivity (Wildman–Crippen MR) is 111 cm³/mol. The van der Waals surface area contributed by atoms with Crippen molar-refractivity contribution < 1.29 is 24.5 Å². The van der Waals surface area contributed by atoms with Crippen LogP contribution < -0.4 is 4.74 Å². The maximum atomic E-state index is 10.9. The van der Waals surface area contributed by atoms with Gasteiger partial charge in [-0.3, -0.25) is 0 Å². The van der Waals surface area contributed by atoms with Crippen molar-refractivity contribution in [2.24, 2.45) is 0 Å². The summed E-state index contributed by atoms with van der Waals surface area (Å²) in [5, 5.41) is 27.3. The minimum absolute atomic E-state index is 0.162. The quantitative estimate of drug-likeness (QED) is 0.439. The number of rotatable bonds is 7. The minimum atomic E-state index is -1.02. The Morgan fingerprint density at radius 3 is 1.80 bits per heavy atom. The van der Waals surface area contributed by atoms with Crippen LogP contribution in [0.15, 0.2) is 72.8 Å². The third-order valence-electron chi connectivity index (χ3n) is 4.36. The summed E-state index contributed by atoms with van der Waals surface area (Å²) in [7, 11) is 0. The van der Waals surface area contributed by atoms with Gasteiger partial charge in [0.05, 0.1) is 22.8 Å². The van der Waals surface area contributed by atoms with E-state index in [0.29, 0.717) is 23.5 Å². The van der Waals surface area contributed by atoms with Gasteiger partial charge in [-0.1, -0.05) is 36.4 Å². The largest absolute Gasteiger partial charge is 0.489 e. The molecule has 0 atom stereocenters. The number of nitriles is 1. The van der Waals surface area contributed by atoms with Crippen molar-refractivity contribution in [1.82, 2.24) is 0 Å². The van der Waals surface area contributed by atoms with Crippen LogP contribution >= 0.6 is 0 Å². The summed E-state index contributed by atoms with van der Waals surface area (Å²) in [6.07, 6.45) is 1.71. The van der Waals surface area contributed by atoms with E-state index < -0.39 is 11.9 Å². The zero-order chi connectivity index (χ0) is 21.5. The number of allylic oxidation sites excluding steroid dienone is 1. The molecule has 6 heteroatoms. The van der Waals surface area contributed by atoms with Gasteiger partial charge >= 0.3 is 11.9 Å². The fraction of sp³-hybridized carbons (Fsp3) is 0.0417. The molecule has 3 rings (SSSR count). The van der Waals surface area contributed by atoms with E-state index in [9.17, 15) is 14.9 Å². The van der Waals surface area contributed by atoms with E-state index in [1.807, 2.05) is 12.1 Å². The molecule has 0 fully saturated rings. The molecule has 6 nitrogen and oxygen atoms in total. The molecule has 0 saturated carbocycles. The lowest BCUT2D eigenvalue weighted by molar-refractivity contribution is 0.0686. The standard InChI is InChI=1S/C24H17NO5/c25-14-21(18-7-9-20(10-8-18)24(28)29)13-16-3-11-22(12-4-16)30-15-17-1-5-19(6-2-17)23(26)27/h1-13H,15H2,(H,26,27)(H,28,29)/b21-13-. The van der Waals surface area contributed by atoms with E-state index in [4.69, 9.17) is 14.9 Å². The van der Waals surface area contributed by atoms with Crippen molar-refractivity contribution in [3.8, 4) is 11.8 Å². The SMILES string of the molecule is N#C/C(=C/c1ccc(OCc2ccc(C(=O)O)cc2)cc1)c1ccc(C(=O)O)cc1. The molecule has 0 unspecified atom stereocenters. The number of benzene rings is 3. The highest BCUT2D eigenvalue weighted by Crippen LogP contribution is 2.21. The Morgan fingerprint density at radius 1 is 0.800 bits per heavy atom. The van der Waals surface area contributed by atoms with Gasteiger partial charge in [0.15, 0.2) is 0 Å². The Labute approximate surface area is 172 Å². The summed E-state index contributed by atoms with van der Waals surface area (Å²) in [6, 6.07) is 21.9. The molecule has 0 bridgehead atoms. The smallest absolute Gasteiger partial charge is 0.335 e. The number of carboxylic acids is 2. The third-order valence-corrected chi connectivity index (χ3v) is 4.36. The number of hydrogen-bond donors (Lipinski definition) is 2. The van der Waals surface area contributed by atoms with Crippen LogP contribution in [0.4, 0.5) is 0 Å². The molecular weight excluding hydrogens is 382 g/mol. The molecule has 0 spiro atoms. The molecule has 2 N–H and O–H groups in total. The van der Waals surface area contributed by atoms with Gasteiger partial charge in [0, 0.05) is 0 Å². The van der Waals surface area contributed by atoms with Crippen LogP contribution in [-0.4, -0.2) is 22.2 Å². The molecule has 0 saturated heterocycles. The summed E-state index contributed by atoms with van der Waals surface area (Å²) in [5.41, 5.74) is 3.08. The molecule has 30 heavy (non-hydrogen) atoms. The Kier molecular flexibility index (Phi) is 6.26. The molecule has 0 amide bonds. The van der Waals surface area contributed by atoms with E-state index in [2.05, 4.69) is 6.07 Å². The number of aromatic carboxylic acids is 2. The van der Waals surface area contributed by atoms with Crippen molar-refractivity contribution in [3.63, 3.8) is 0 Å². The Bertz CT molecular complexity index is 1120. The molecular formula is C24H17NO5. The van der Waals surface area contributed by atoms with Crippen molar-refractivity contribution in [1.29, 1.82) is 5.26 Å². The summed E-state index contributed by atoms with van der Waals surface area (Å²) in [6.45, 7) is 0.300. The second-order valence-corrected chi connectivity index (χ2v) is 6.41. The maximum Gasteiger partial charge on any atom is 0.335 e. The van der Waals surface area contributed by atoms with E-state index in [-0.39, 0.29) is 11.1 Å². The first-order valence-corrected chi connectivity index (χ1v) is 8.97. The number of hydrogen-bond acceptors (Lipinski definition) is 4. The zero-order valence-electron chi connectivity index (χ0n) is 15.8. The van der Waals surface area contributed by atoms with Crippen LogP contribution in [0.25, 0.3) is 11.6 Å². The Hall–Kier alpha value is -4.37. The monoisotopic (exact) mass is 399 g/mol. The first-order valence-electron chi connectivity index (χ1n) is 8.97. The highest BCUT2D eigenvalue weighted by atomic mass is 16.5. The average Bonchev–Trinajstić information content (AvgIpc) is 2.77. The van der Waals surface area contributed by atoms with Gasteiger partial charge in [-0.2, -0.15) is 5.26 Å². The summed E-state index contributed by atoms with van der Waals surface area (Å²) < 4.78 is 5.71. The summed E-state index contributed by atoms with van der Waals surface area (Å²) >= 11 is 0. The van der Waals surface area contributed by atoms with Crippen LogP contribution in [0, 0.1) is 11.3 Å². The zero-order valence-corrected chi connectivity index (χ0v) is 15.8. The third kappa shape index (κ3) is 5.12. The van der Waals surface area contributed by atoms with Gasteiger partial charge in [0.25, 0.3) is 0 Å². The Morgan fingerprint density at radius 2 is 1.30 bits per heavy atom.